The maximum Gasteiger partial charge on any atom is 0.119 e. The highest BCUT2D eigenvalue weighted by molar-refractivity contribution is 5.40. The lowest BCUT2D eigenvalue weighted by molar-refractivity contribution is 0.313. The average Bonchev–Trinajstić information content (AvgIpc) is 2.51. The molecule has 0 aliphatic carbocycles. The van der Waals surface area contributed by atoms with Crippen LogP contribution in [-0.4, -0.2) is 26.8 Å². The second-order valence-corrected chi connectivity index (χ2v) is 4.77. The Bertz CT molecular complexity index is 541. The Labute approximate surface area is 125 Å². The number of nitrogens with one attached hydrogen (secondary N) is 1. The lowest BCUT2D eigenvalue weighted by Crippen LogP contribution is -2.23. The Morgan fingerprint density at radius 1 is 1.00 bits per heavy atom. The Balaban J connectivity index is 1.59. The topological polar surface area (TPSA) is 56.5 Å². The van der Waals surface area contributed by atoms with Crippen LogP contribution in [0.25, 0.3) is 0 Å². The number of rotatable bonds is 8. The molecule has 4 heteroatoms. The van der Waals surface area contributed by atoms with Gasteiger partial charge >= 0.3 is 0 Å². The third kappa shape index (κ3) is 5.36. The second kappa shape index (κ2) is 8.17. The van der Waals surface area contributed by atoms with E-state index in [1.807, 2.05) is 42.5 Å². The summed E-state index contributed by atoms with van der Waals surface area (Å²) in [7, 11) is 1.65. The van der Waals surface area contributed by atoms with Crippen LogP contribution >= 0.6 is 0 Å². The van der Waals surface area contributed by atoms with Gasteiger partial charge in [-0.05, 0) is 54.9 Å². The van der Waals surface area contributed by atoms with Crippen LogP contribution in [0.4, 0.5) is 5.69 Å². The maximum atomic E-state index is 5.75. The van der Waals surface area contributed by atoms with Crippen LogP contribution in [0, 0.1) is 0 Å². The number of nitrogen functional groups attached to an aromatic ring is 1. The van der Waals surface area contributed by atoms with Crippen molar-refractivity contribution in [3.63, 3.8) is 0 Å². The molecule has 112 valence electrons. The van der Waals surface area contributed by atoms with Gasteiger partial charge in [0.15, 0.2) is 0 Å². The van der Waals surface area contributed by atoms with Crippen molar-refractivity contribution in [2.75, 3.05) is 32.5 Å². The minimum atomic E-state index is 0.642. The van der Waals surface area contributed by atoms with Gasteiger partial charge in [0.1, 0.15) is 18.1 Å². The van der Waals surface area contributed by atoms with E-state index in [-0.39, 0.29) is 0 Å². The average molecular weight is 286 g/mol. The van der Waals surface area contributed by atoms with Crippen molar-refractivity contribution in [1.82, 2.24) is 5.32 Å². The van der Waals surface area contributed by atoms with Gasteiger partial charge in [0.05, 0.1) is 7.11 Å². The van der Waals surface area contributed by atoms with Crippen LogP contribution in [0.15, 0.2) is 48.5 Å². The van der Waals surface area contributed by atoms with Gasteiger partial charge in [-0.2, -0.15) is 0 Å². The number of methoxy groups -OCH3 is 1. The molecule has 0 aliphatic heterocycles. The molecule has 0 fully saturated rings. The zero-order valence-electron chi connectivity index (χ0n) is 12.3. The highest BCUT2D eigenvalue weighted by Crippen LogP contribution is 2.16. The molecular formula is C17H22N2O2. The molecular weight excluding hydrogens is 264 g/mol. The van der Waals surface area contributed by atoms with Gasteiger partial charge in [0.2, 0.25) is 0 Å². The maximum absolute atomic E-state index is 5.75. The van der Waals surface area contributed by atoms with Gasteiger partial charge in [0, 0.05) is 12.2 Å². The number of ether oxygens (including phenoxy) is 2. The van der Waals surface area contributed by atoms with Crippen molar-refractivity contribution in [3.05, 3.63) is 54.1 Å². The van der Waals surface area contributed by atoms with Crippen LogP contribution in [0.3, 0.4) is 0 Å². The molecule has 2 rings (SSSR count). The van der Waals surface area contributed by atoms with Gasteiger partial charge < -0.3 is 20.5 Å². The van der Waals surface area contributed by atoms with Crippen LogP contribution in [0.5, 0.6) is 11.5 Å². The van der Waals surface area contributed by atoms with Gasteiger partial charge in [-0.15, -0.1) is 0 Å². The molecule has 2 aromatic carbocycles. The quantitative estimate of drug-likeness (QED) is 0.578. The highest BCUT2D eigenvalue weighted by atomic mass is 16.5. The molecule has 0 aliphatic rings. The minimum absolute atomic E-state index is 0.642. The molecule has 0 unspecified atom stereocenters. The van der Waals surface area contributed by atoms with Crippen LogP contribution in [-0.2, 0) is 6.42 Å². The van der Waals surface area contributed by atoms with Crippen LogP contribution < -0.4 is 20.5 Å². The molecule has 0 radical (unpaired) electrons. The van der Waals surface area contributed by atoms with E-state index in [4.69, 9.17) is 15.2 Å². The van der Waals surface area contributed by atoms with Crippen LogP contribution in [0.1, 0.15) is 5.56 Å². The molecule has 0 atom stereocenters. The third-order valence-electron chi connectivity index (χ3n) is 3.15. The van der Waals surface area contributed by atoms with Gasteiger partial charge in [-0.1, -0.05) is 12.1 Å². The zero-order chi connectivity index (χ0) is 14.9. The van der Waals surface area contributed by atoms with E-state index >= 15 is 0 Å². The normalized spacial score (nSPS) is 10.3. The van der Waals surface area contributed by atoms with E-state index in [2.05, 4.69) is 11.4 Å². The number of anilines is 1. The summed E-state index contributed by atoms with van der Waals surface area (Å²) in [6, 6.07) is 15.6. The van der Waals surface area contributed by atoms with Crippen molar-refractivity contribution < 1.29 is 9.47 Å². The molecule has 3 N–H and O–H groups in total. The SMILES string of the molecule is COc1ccc(OCCNCCc2cccc(N)c2)cc1. The fraction of sp³-hybridized carbons (Fsp3) is 0.294. The molecule has 0 spiro atoms. The van der Waals surface area contributed by atoms with Crippen molar-refractivity contribution in [3.8, 4) is 11.5 Å². The van der Waals surface area contributed by atoms with E-state index in [1.165, 1.54) is 5.56 Å². The van der Waals surface area contributed by atoms with Crippen molar-refractivity contribution >= 4 is 5.69 Å². The van der Waals surface area contributed by atoms with Crippen molar-refractivity contribution in [2.24, 2.45) is 0 Å². The Morgan fingerprint density at radius 3 is 2.48 bits per heavy atom. The molecule has 0 saturated heterocycles. The molecule has 0 saturated carbocycles. The first kappa shape index (κ1) is 15.2. The summed E-state index contributed by atoms with van der Waals surface area (Å²) in [4.78, 5) is 0. The third-order valence-corrected chi connectivity index (χ3v) is 3.15. The van der Waals surface area contributed by atoms with Gasteiger partial charge in [-0.3, -0.25) is 0 Å². The molecule has 4 nitrogen and oxygen atoms in total. The number of hydrogen-bond donors (Lipinski definition) is 2. The zero-order valence-corrected chi connectivity index (χ0v) is 12.3. The Morgan fingerprint density at radius 2 is 1.76 bits per heavy atom. The van der Waals surface area contributed by atoms with Gasteiger partial charge in [0.25, 0.3) is 0 Å². The molecule has 0 amide bonds. The molecule has 0 bridgehead atoms. The monoisotopic (exact) mass is 286 g/mol. The van der Waals surface area contributed by atoms with E-state index in [1.54, 1.807) is 7.11 Å². The lowest BCUT2D eigenvalue weighted by Gasteiger charge is -2.08. The van der Waals surface area contributed by atoms with Crippen molar-refractivity contribution in [2.45, 2.75) is 6.42 Å². The van der Waals surface area contributed by atoms with Crippen LogP contribution in [0.2, 0.25) is 0 Å². The lowest BCUT2D eigenvalue weighted by atomic mass is 10.1. The van der Waals surface area contributed by atoms with E-state index in [0.29, 0.717) is 6.61 Å². The first-order chi connectivity index (χ1) is 10.3. The standard InChI is InChI=1S/C17H22N2O2/c1-20-16-5-7-17(8-6-16)21-12-11-19-10-9-14-3-2-4-15(18)13-14/h2-8,13,19H,9-12,18H2,1H3. The fourth-order valence-electron chi connectivity index (χ4n) is 2.02. The number of hydrogen-bond acceptors (Lipinski definition) is 4. The number of nitrogens with two attached hydrogens (primary N) is 1. The first-order valence-corrected chi connectivity index (χ1v) is 7.10. The summed E-state index contributed by atoms with van der Waals surface area (Å²) in [5, 5.41) is 3.36. The number of benzene rings is 2. The molecule has 0 heterocycles. The Kier molecular flexibility index (Phi) is 5.91. The minimum Gasteiger partial charge on any atom is -0.497 e. The summed E-state index contributed by atoms with van der Waals surface area (Å²) in [6.45, 7) is 2.37. The fourth-order valence-corrected chi connectivity index (χ4v) is 2.02. The second-order valence-electron chi connectivity index (χ2n) is 4.77. The molecule has 0 aromatic heterocycles. The summed E-state index contributed by atoms with van der Waals surface area (Å²) >= 11 is 0. The van der Waals surface area contributed by atoms with Crippen molar-refractivity contribution in [1.29, 1.82) is 0 Å². The summed E-state index contributed by atoms with van der Waals surface area (Å²) < 4.78 is 10.7. The Hall–Kier alpha value is -2.20. The predicted molar refractivity (Wildman–Crippen MR) is 85.9 cm³/mol. The predicted octanol–water partition coefficient (Wildman–Crippen LogP) is 2.49. The summed E-state index contributed by atoms with van der Waals surface area (Å²) in [5.41, 5.74) is 7.81. The van der Waals surface area contributed by atoms with Gasteiger partial charge in [-0.25, -0.2) is 0 Å². The largest absolute Gasteiger partial charge is 0.497 e. The molecule has 21 heavy (non-hydrogen) atoms. The smallest absolute Gasteiger partial charge is 0.119 e. The summed E-state index contributed by atoms with van der Waals surface area (Å²) in [6.07, 6.45) is 0.966. The van der Waals surface area contributed by atoms with E-state index in [0.717, 1.165) is 36.7 Å². The summed E-state index contributed by atoms with van der Waals surface area (Å²) in [5.74, 6) is 1.69. The molecule has 2 aromatic rings. The first-order valence-electron chi connectivity index (χ1n) is 7.10. The van der Waals surface area contributed by atoms with E-state index < -0.39 is 0 Å². The van der Waals surface area contributed by atoms with E-state index in [9.17, 15) is 0 Å². The highest BCUT2D eigenvalue weighted by Gasteiger charge is 1.96.